The average molecular weight is 320 g/mol. The fourth-order valence-electron chi connectivity index (χ4n) is 2.96. The Balaban J connectivity index is 1.90. The summed E-state index contributed by atoms with van der Waals surface area (Å²) in [6.45, 7) is 0. The molecule has 0 aromatic heterocycles. The number of nitrogens with one attached hydrogen (secondary N) is 1. The Morgan fingerprint density at radius 3 is 2.29 bits per heavy atom. The van der Waals surface area contributed by atoms with Gasteiger partial charge in [0.15, 0.2) is 11.5 Å². The lowest BCUT2D eigenvalue weighted by molar-refractivity contribution is 0.340. The molecule has 0 aliphatic carbocycles. The molecule has 1 heterocycles. The number of aromatic hydroxyl groups is 1. The lowest BCUT2D eigenvalue weighted by Gasteiger charge is -2.20. The Bertz CT molecular complexity index is 949. The molecule has 24 heavy (non-hydrogen) atoms. The van der Waals surface area contributed by atoms with Crippen molar-refractivity contribution in [3.8, 4) is 17.2 Å². The highest BCUT2D eigenvalue weighted by atomic mass is 16.5. The van der Waals surface area contributed by atoms with Crippen LogP contribution >= 0.6 is 0 Å². The number of aliphatic imine (C=N–C) groups is 1. The van der Waals surface area contributed by atoms with Crippen LogP contribution in [0.4, 0.5) is 11.4 Å². The van der Waals surface area contributed by atoms with Crippen LogP contribution in [-0.2, 0) is 0 Å². The minimum Gasteiger partial charge on any atom is -0.502 e. The van der Waals surface area contributed by atoms with Crippen molar-refractivity contribution in [3.05, 3.63) is 54.1 Å². The fraction of sp³-hybridized carbons (Fsp3) is 0.105. The number of methoxy groups -OCH3 is 2. The molecule has 3 aromatic rings. The first-order chi connectivity index (χ1) is 11.7. The van der Waals surface area contributed by atoms with Crippen LogP contribution < -0.4 is 14.8 Å². The van der Waals surface area contributed by atoms with Crippen LogP contribution in [0.5, 0.6) is 17.2 Å². The second kappa shape index (κ2) is 5.45. The van der Waals surface area contributed by atoms with Gasteiger partial charge in [-0.05, 0) is 29.7 Å². The molecule has 1 aliphatic heterocycles. The van der Waals surface area contributed by atoms with Gasteiger partial charge < -0.3 is 19.9 Å². The van der Waals surface area contributed by atoms with E-state index < -0.39 is 0 Å². The molecule has 3 aromatic carbocycles. The Morgan fingerprint density at radius 2 is 1.62 bits per heavy atom. The Labute approximate surface area is 139 Å². The largest absolute Gasteiger partial charge is 0.502 e. The van der Waals surface area contributed by atoms with Crippen molar-refractivity contribution < 1.29 is 14.6 Å². The summed E-state index contributed by atoms with van der Waals surface area (Å²) >= 11 is 0. The molecule has 0 amide bonds. The monoisotopic (exact) mass is 320 g/mol. The molecule has 0 spiro atoms. The first-order valence-corrected chi connectivity index (χ1v) is 7.54. The van der Waals surface area contributed by atoms with Gasteiger partial charge in [0.1, 0.15) is 5.84 Å². The SMILES string of the molecule is COc1cc(C2=Nc3cccc4cccc(c34)N2)cc(OC)c1O. The van der Waals surface area contributed by atoms with Crippen LogP contribution in [-0.4, -0.2) is 25.2 Å². The number of hydrogen-bond acceptors (Lipinski definition) is 5. The summed E-state index contributed by atoms with van der Waals surface area (Å²) in [5.41, 5.74) is 2.68. The highest BCUT2D eigenvalue weighted by Crippen LogP contribution is 2.40. The fourth-order valence-corrected chi connectivity index (χ4v) is 2.96. The van der Waals surface area contributed by atoms with Crippen LogP contribution in [0.1, 0.15) is 5.56 Å². The van der Waals surface area contributed by atoms with Crippen molar-refractivity contribution in [3.63, 3.8) is 0 Å². The second-order valence-corrected chi connectivity index (χ2v) is 5.50. The van der Waals surface area contributed by atoms with Crippen LogP contribution in [0, 0.1) is 0 Å². The molecular formula is C19H16N2O3. The zero-order chi connectivity index (χ0) is 16.7. The number of nitrogens with zero attached hydrogens (tertiary/aromatic N) is 1. The van der Waals surface area contributed by atoms with E-state index in [1.807, 2.05) is 24.3 Å². The molecule has 0 fully saturated rings. The number of anilines is 1. The molecule has 5 heteroatoms. The van der Waals surface area contributed by atoms with Gasteiger partial charge in [0.25, 0.3) is 0 Å². The third kappa shape index (κ3) is 2.13. The van der Waals surface area contributed by atoms with Gasteiger partial charge in [-0.1, -0.05) is 24.3 Å². The van der Waals surface area contributed by atoms with E-state index in [4.69, 9.17) is 14.5 Å². The number of ether oxygens (including phenoxy) is 2. The van der Waals surface area contributed by atoms with E-state index in [1.54, 1.807) is 12.1 Å². The van der Waals surface area contributed by atoms with Gasteiger partial charge >= 0.3 is 0 Å². The molecule has 0 radical (unpaired) electrons. The number of phenols is 1. The van der Waals surface area contributed by atoms with E-state index in [1.165, 1.54) is 14.2 Å². The first kappa shape index (κ1) is 14.4. The van der Waals surface area contributed by atoms with E-state index in [-0.39, 0.29) is 5.75 Å². The van der Waals surface area contributed by atoms with Crippen molar-refractivity contribution >= 4 is 28.0 Å². The van der Waals surface area contributed by atoms with Gasteiger partial charge in [0.05, 0.1) is 19.9 Å². The van der Waals surface area contributed by atoms with Crippen LogP contribution in [0.2, 0.25) is 0 Å². The summed E-state index contributed by atoms with van der Waals surface area (Å²) in [5, 5.41) is 15.7. The lowest BCUT2D eigenvalue weighted by atomic mass is 10.0. The summed E-state index contributed by atoms with van der Waals surface area (Å²) in [5.74, 6) is 1.33. The number of hydrogen-bond donors (Lipinski definition) is 2. The molecule has 0 saturated carbocycles. The maximum atomic E-state index is 10.1. The maximum Gasteiger partial charge on any atom is 0.200 e. The Hall–Kier alpha value is -3.21. The van der Waals surface area contributed by atoms with Gasteiger partial charge in [0.2, 0.25) is 5.75 Å². The molecule has 0 unspecified atom stereocenters. The maximum absolute atomic E-state index is 10.1. The quantitative estimate of drug-likeness (QED) is 0.764. The highest BCUT2D eigenvalue weighted by Gasteiger charge is 2.19. The number of rotatable bonds is 3. The van der Waals surface area contributed by atoms with Crippen LogP contribution in [0.25, 0.3) is 10.8 Å². The van der Waals surface area contributed by atoms with Crippen molar-refractivity contribution in [2.45, 2.75) is 0 Å². The predicted molar refractivity (Wildman–Crippen MR) is 95.0 cm³/mol. The van der Waals surface area contributed by atoms with Crippen LogP contribution in [0.3, 0.4) is 0 Å². The van der Waals surface area contributed by atoms with Gasteiger partial charge in [-0.2, -0.15) is 0 Å². The van der Waals surface area contributed by atoms with E-state index in [0.717, 1.165) is 27.7 Å². The topological polar surface area (TPSA) is 63.1 Å². The smallest absolute Gasteiger partial charge is 0.200 e. The number of benzene rings is 3. The van der Waals surface area contributed by atoms with Gasteiger partial charge in [-0.15, -0.1) is 0 Å². The third-order valence-corrected chi connectivity index (χ3v) is 4.12. The van der Waals surface area contributed by atoms with Gasteiger partial charge in [-0.3, -0.25) is 0 Å². The number of amidine groups is 1. The van der Waals surface area contributed by atoms with Crippen LogP contribution in [0.15, 0.2) is 53.5 Å². The third-order valence-electron chi connectivity index (χ3n) is 4.12. The summed E-state index contributed by atoms with van der Waals surface area (Å²) in [4.78, 5) is 4.73. The molecule has 5 nitrogen and oxygen atoms in total. The molecule has 0 bridgehead atoms. The minimum absolute atomic E-state index is 0.0253. The van der Waals surface area contributed by atoms with Gasteiger partial charge in [0, 0.05) is 16.6 Å². The summed E-state index contributed by atoms with van der Waals surface area (Å²) in [7, 11) is 3.01. The number of phenolic OH excluding ortho intramolecular Hbond substituents is 1. The standard InChI is InChI=1S/C19H16N2O3/c1-23-15-9-12(10-16(24-2)18(15)22)19-20-13-7-3-5-11-6-4-8-14(21-19)17(11)13/h3-10,22H,1-2H3,(H,20,21). The van der Waals surface area contributed by atoms with Gasteiger partial charge in [-0.25, -0.2) is 4.99 Å². The lowest BCUT2D eigenvalue weighted by Crippen LogP contribution is -2.16. The molecule has 120 valence electrons. The van der Waals surface area contributed by atoms with Crippen molar-refractivity contribution in [1.29, 1.82) is 0 Å². The van der Waals surface area contributed by atoms with E-state index in [9.17, 15) is 5.11 Å². The zero-order valence-corrected chi connectivity index (χ0v) is 13.3. The van der Waals surface area contributed by atoms with Crippen molar-refractivity contribution in [2.75, 3.05) is 19.5 Å². The molecule has 1 aliphatic rings. The van der Waals surface area contributed by atoms with E-state index >= 15 is 0 Å². The summed E-state index contributed by atoms with van der Waals surface area (Å²) < 4.78 is 10.5. The normalized spacial score (nSPS) is 12.5. The van der Waals surface area contributed by atoms with E-state index in [2.05, 4.69) is 17.4 Å². The van der Waals surface area contributed by atoms with E-state index in [0.29, 0.717) is 17.3 Å². The molecule has 0 atom stereocenters. The molecule has 2 N–H and O–H groups in total. The average Bonchev–Trinajstić information content (AvgIpc) is 2.62. The first-order valence-electron chi connectivity index (χ1n) is 7.54. The second-order valence-electron chi connectivity index (χ2n) is 5.50. The Morgan fingerprint density at radius 1 is 0.958 bits per heavy atom. The molecule has 4 rings (SSSR count). The predicted octanol–water partition coefficient (Wildman–Crippen LogP) is 4.07. The summed E-state index contributed by atoms with van der Waals surface area (Å²) in [6.07, 6.45) is 0. The Kier molecular flexibility index (Phi) is 3.27. The minimum atomic E-state index is -0.0253. The molecule has 0 saturated heterocycles. The summed E-state index contributed by atoms with van der Waals surface area (Å²) in [6, 6.07) is 15.6. The highest BCUT2D eigenvalue weighted by molar-refractivity contribution is 6.19. The zero-order valence-electron chi connectivity index (χ0n) is 13.3. The van der Waals surface area contributed by atoms with Crippen molar-refractivity contribution in [1.82, 2.24) is 0 Å². The van der Waals surface area contributed by atoms with Crippen molar-refractivity contribution in [2.24, 2.45) is 4.99 Å². The molecular weight excluding hydrogens is 304 g/mol.